The van der Waals surface area contributed by atoms with E-state index in [4.69, 9.17) is 9.97 Å². The SMILES string of the molecule is c1ccc(-c2cc(-c3ccccc3)nc(-n3c4ccccc4c4c(-c5cccc6c5c5ccccc5n6-c5ccccc5)cccc43)n2)cc1. The third-order valence-corrected chi connectivity index (χ3v) is 9.75. The first-order chi connectivity index (χ1) is 24.8. The van der Waals surface area contributed by atoms with Crippen LogP contribution in [-0.2, 0) is 0 Å². The first-order valence-corrected chi connectivity index (χ1v) is 16.9. The van der Waals surface area contributed by atoms with Gasteiger partial charge in [-0.25, -0.2) is 9.97 Å². The summed E-state index contributed by atoms with van der Waals surface area (Å²) in [5, 5.41) is 4.82. The first-order valence-electron chi connectivity index (χ1n) is 16.9. The largest absolute Gasteiger partial charge is 0.309 e. The zero-order chi connectivity index (χ0) is 33.0. The van der Waals surface area contributed by atoms with Gasteiger partial charge in [-0.05, 0) is 53.6 Å². The third-order valence-electron chi connectivity index (χ3n) is 9.75. The second kappa shape index (κ2) is 11.4. The summed E-state index contributed by atoms with van der Waals surface area (Å²) in [7, 11) is 0. The molecule has 234 valence electrons. The molecule has 4 nitrogen and oxygen atoms in total. The van der Waals surface area contributed by atoms with Gasteiger partial charge in [-0.2, -0.15) is 0 Å². The number of fused-ring (bicyclic) bond motifs is 6. The van der Waals surface area contributed by atoms with E-state index >= 15 is 0 Å². The van der Waals surface area contributed by atoms with Crippen molar-refractivity contribution in [1.82, 2.24) is 19.1 Å². The summed E-state index contributed by atoms with van der Waals surface area (Å²) in [6.45, 7) is 0. The van der Waals surface area contributed by atoms with Crippen molar-refractivity contribution in [3.63, 3.8) is 0 Å². The van der Waals surface area contributed by atoms with Gasteiger partial charge < -0.3 is 4.57 Å². The van der Waals surface area contributed by atoms with Gasteiger partial charge in [0, 0.05) is 38.4 Å². The summed E-state index contributed by atoms with van der Waals surface area (Å²) in [6, 6.07) is 64.2. The Morgan fingerprint density at radius 2 is 0.760 bits per heavy atom. The Morgan fingerprint density at radius 1 is 0.340 bits per heavy atom. The number of benzene rings is 7. The van der Waals surface area contributed by atoms with Crippen LogP contribution in [0.15, 0.2) is 182 Å². The number of hydrogen-bond acceptors (Lipinski definition) is 2. The monoisotopic (exact) mass is 638 g/mol. The fraction of sp³-hybridized carbons (Fsp3) is 0. The van der Waals surface area contributed by atoms with Crippen LogP contribution >= 0.6 is 0 Å². The van der Waals surface area contributed by atoms with Gasteiger partial charge in [0.15, 0.2) is 0 Å². The molecular weight excluding hydrogens is 609 g/mol. The summed E-state index contributed by atoms with van der Waals surface area (Å²) in [6.07, 6.45) is 0. The lowest BCUT2D eigenvalue weighted by Gasteiger charge is -2.12. The van der Waals surface area contributed by atoms with Crippen LogP contribution in [-0.4, -0.2) is 19.1 Å². The molecule has 0 atom stereocenters. The second-order valence-corrected chi connectivity index (χ2v) is 12.6. The molecule has 0 bridgehead atoms. The lowest BCUT2D eigenvalue weighted by atomic mass is 9.95. The summed E-state index contributed by atoms with van der Waals surface area (Å²) in [5.41, 5.74) is 11.9. The molecule has 0 aliphatic carbocycles. The van der Waals surface area contributed by atoms with Crippen molar-refractivity contribution >= 4 is 43.6 Å². The van der Waals surface area contributed by atoms with Crippen LogP contribution in [0.4, 0.5) is 0 Å². The van der Waals surface area contributed by atoms with Gasteiger partial charge in [0.25, 0.3) is 0 Å². The Labute approximate surface area is 289 Å². The molecule has 0 radical (unpaired) electrons. The molecule has 10 aromatic rings. The van der Waals surface area contributed by atoms with Crippen LogP contribution in [0.25, 0.3) is 88.9 Å². The van der Waals surface area contributed by atoms with Crippen LogP contribution < -0.4 is 0 Å². The molecular formula is C46H30N4. The minimum Gasteiger partial charge on any atom is -0.309 e. The minimum atomic E-state index is 0.646. The standard InChI is InChI=1S/C46H30N4/c1-4-16-31(17-5-1)38-30-39(32-18-6-2-7-19-32)48-46(47-38)50-41-27-13-11-23-37(41)45-35(25-15-29-43(45)50)34-24-14-28-42-44(34)36-22-10-12-26-40(36)49(42)33-20-8-3-9-21-33/h1-30H. The normalized spacial score (nSPS) is 11.6. The molecule has 0 amide bonds. The van der Waals surface area contributed by atoms with Crippen LogP contribution in [0.2, 0.25) is 0 Å². The van der Waals surface area contributed by atoms with Crippen LogP contribution in [0, 0.1) is 0 Å². The van der Waals surface area contributed by atoms with E-state index in [0.29, 0.717) is 5.95 Å². The number of aromatic nitrogens is 4. The molecule has 0 saturated heterocycles. The lowest BCUT2D eigenvalue weighted by Crippen LogP contribution is -2.04. The molecule has 10 rings (SSSR count). The van der Waals surface area contributed by atoms with E-state index in [2.05, 4.69) is 179 Å². The van der Waals surface area contributed by atoms with Crippen molar-refractivity contribution in [3.05, 3.63) is 182 Å². The third kappa shape index (κ3) is 4.39. The van der Waals surface area contributed by atoms with E-state index < -0.39 is 0 Å². The van der Waals surface area contributed by atoms with Crippen molar-refractivity contribution in [2.24, 2.45) is 0 Å². The summed E-state index contributed by atoms with van der Waals surface area (Å²) < 4.78 is 4.62. The highest BCUT2D eigenvalue weighted by molar-refractivity contribution is 6.22. The molecule has 4 heteroatoms. The van der Waals surface area contributed by atoms with Crippen molar-refractivity contribution in [2.75, 3.05) is 0 Å². The van der Waals surface area contributed by atoms with E-state index in [1.54, 1.807) is 0 Å². The lowest BCUT2D eigenvalue weighted by molar-refractivity contribution is 0.995. The Hall–Kier alpha value is -6.78. The topological polar surface area (TPSA) is 35.6 Å². The molecule has 0 aliphatic rings. The van der Waals surface area contributed by atoms with E-state index in [9.17, 15) is 0 Å². The number of hydrogen-bond donors (Lipinski definition) is 0. The fourth-order valence-corrected chi connectivity index (χ4v) is 7.61. The Morgan fingerprint density at radius 3 is 1.30 bits per heavy atom. The number of rotatable bonds is 5. The first kappa shape index (κ1) is 28.3. The van der Waals surface area contributed by atoms with Crippen LogP contribution in [0.3, 0.4) is 0 Å². The van der Waals surface area contributed by atoms with Gasteiger partial charge in [-0.15, -0.1) is 0 Å². The molecule has 3 aromatic heterocycles. The number of nitrogens with zero attached hydrogens (tertiary/aromatic N) is 4. The maximum atomic E-state index is 5.25. The smallest absolute Gasteiger partial charge is 0.235 e. The molecule has 0 saturated carbocycles. The van der Waals surface area contributed by atoms with E-state index in [1.807, 2.05) is 12.1 Å². The van der Waals surface area contributed by atoms with Gasteiger partial charge >= 0.3 is 0 Å². The summed E-state index contributed by atoms with van der Waals surface area (Å²) in [5.74, 6) is 0.646. The molecule has 50 heavy (non-hydrogen) atoms. The van der Waals surface area contributed by atoms with Crippen LogP contribution in [0.1, 0.15) is 0 Å². The summed E-state index contributed by atoms with van der Waals surface area (Å²) in [4.78, 5) is 10.5. The Balaban J connectivity index is 1.28. The predicted octanol–water partition coefficient (Wildman–Crippen LogP) is 11.7. The maximum absolute atomic E-state index is 5.25. The van der Waals surface area contributed by atoms with E-state index in [1.165, 1.54) is 38.3 Å². The van der Waals surface area contributed by atoms with Crippen molar-refractivity contribution in [3.8, 4) is 45.3 Å². The molecule has 3 heterocycles. The van der Waals surface area contributed by atoms with Crippen molar-refractivity contribution < 1.29 is 0 Å². The van der Waals surface area contributed by atoms with Crippen molar-refractivity contribution in [2.45, 2.75) is 0 Å². The van der Waals surface area contributed by atoms with E-state index in [0.717, 1.165) is 44.6 Å². The molecule has 0 aliphatic heterocycles. The van der Waals surface area contributed by atoms with Crippen molar-refractivity contribution in [1.29, 1.82) is 0 Å². The minimum absolute atomic E-state index is 0.646. The van der Waals surface area contributed by atoms with Gasteiger partial charge in [-0.1, -0.05) is 140 Å². The second-order valence-electron chi connectivity index (χ2n) is 12.6. The fourth-order valence-electron chi connectivity index (χ4n) is 7.61. The molecule has 0 N–H and O–H groups in total. The zero-order valence-corrected chi connectivity index (χ0v) is 27.1. The average Bonchev–Trinajstić information content (AvgIpc) is 3.72. The molecule has 0 spiro atoms. The summed E-state index contributed by atoms with van der Waals surface area (Å²) >= 11 is 0. The molecule has 0 unspecified atom stereocenters. The Bertz CT molecular complexity index is 2790. The van der Waals surface area contributed by atoms with E-state index in [-0.39, 0.29) is 0 Å². The highest BCUT2D eigenvalue weighted by atomic mass is 15.2. The Kier molecular flexibility index (Phi) is 6.46. The quantitative estimate of drug-likeness (QED) is 0.188. The predicted molar refractivity (Wildman–Crippen MR) is 207 cm³/mol. The molecule has 7 aromatic carbocycles. The zero-order valence-electron chi connectivity index (χ0n) is 27.1. The average molecular weight is 639 g/mol. The highest BCUT2D eigenvalue weighted by Crippen LogP contribution is 2.43. The van der Waals surface area contributed by atoms with Crippen LogP contribution in [0.5, 0.6) is 0 Å². The number of para-hydroxylation sites is 3. The van der Waals surface area contributed by atoms with Gasteiger partial charge in [0.05, 0.1) is 33.5 Å². The van der Waals surface area contributed by atoms with Gasteiger partial charge in [0.1, 0.15) is 0 Å². The molecule has 0 fully saturated rings. The van der Waals surface area contributed by atoms with Gasteiger partial charge in [0.2, 0.25) is 5.95 Å². The van der Waals surface area contributed by atoms with Gasteiger partial charge in [-0.3, -0.25) is 4.57 Å². The maximum Gasteiger partial charge on any atom is 0.235 e. The highest BCUT2D eigenvalue weighted by Gasteiger charge is 2.22.